The maximum atomic E-state index is 13.9. The maximum Gasteiger partial charge on any atom is 0.184 e. The number of fused-ring (bicyclic) bond motifs is 1. The van der Waals surface area contributed by atoms with Crippen molar-refractivity contribution in [2.45, 2.75) is 44.6 Å². The van der Waals surface area contributed by atoms with Crippen molar-refractivity contribution in [3.63, 3.8) is 0 Å². The highest BCUT2D eigenvalue weighted by molar-refractivity contribution is 5.73. The number of hydrogen-bond donors (Lipinski definition) is 2. The van der Waals surface area contributed by atoms with Crippen LogP contribution in [0.15, 0.2) is 12.1 Å². The normalized spacial score (nSPS) is 29.5. The van der Waals surface area contributed by atoms with Crippen LogP contribution in [0.3, 0.4) is 0 Å². The monoisotopic (exact) mass is 266 g/mol. The molecule has 3 rings (SSSR count). The molecule has 0 radical (unpaired) electrons. The van der Waals surface area contributed by atoms with Gasteiger partial charge in [0.05, 0.1) is 16.9 Å². The van der Waals surface area contributed by atoms with E-state index >= 15 is 0 Å². The quantitative estimate of drug-likeness (QED) is 0.798. The second kappa shape index (κ2) is 4.66. The van der Waals surface area contributed by atoms with Crippen LogP contribution in [0.25, 0.3) is 0 Å². The summed E-state index contributed by atoms with van der Waals surface area (Å²) in [7, 11) is 0. The molecule has 1 heterocycles. The predicted molar refractivity (Wildman–Crippen MR) is 73.5 cm³/mol. The first-order valence-corrected chi connectivity index (χ1v) is 7.13. The Hall–Kier alpha value is -1.32. The summed E-state index contributed by atoms with van der Waals surface area (Å²) >= 11 is 0. The molecule has 0 bridgehead atoms. The van der Waals surface area contributed by atoms with E-state index in [0.29, 0.717) is 11.4 Å². The van der Waals surface area contributed by atoms with E-state index in [1.165, 1.54) is 12.5 Å². The Labute approximate surface area is 112 Å². The number of anilines is 2. The van der Waals surface area contributed by atoms with Crippen LogP contribution < -0.4 is 10.6 Å². The molecule has 4 heteroatoms. The van der Waals surface area contributed by atoms with Gasteiger partial charge in [-0.3, -0.25) is 0 Å². The third kappa shape index (κ3) is 2.17. The molecule has 1 aromatic carbocycles. The van der Waals surface area contributed by atoms with Crippen molar-refractivity contribution in [1.29, 1.82) is 0 Å². The van der Waals surface area contributed by atoms with Crippen LogP contribution in [0.4, 0.5) is 20.2 Å². The van der Waals surface area contributed by atoms with E-state index in [9.17, 15) is 8.78 Å². The van der Waals surface area contributed by atoms with Crippen molar-refractivity contribution in [2.24, 2.45) is 5.92 Å². The number of halogens is 2. The molecule has 1 saturated carbocycles. The van der Waals surface area contributed by atoms with Gasteiger partial charge >= 0.3 is 0 Å². The van der Waals surface area contributed by atoms with Gasteiger partial charge in [0, 0.05) is 6.54 Å². The SMILES string of the molecule is CCC1CCC2(CC1)CNc1ccc(F)c(F)c1N2. The Bertz CT molecular complexity index is 479. The van der Waals surface area contributed by atoms with Crippen LogP contribution in [0, 0.1) is 17.6 Å². The Kier molecular flexibility index (Phi) is 3.11. The summed E-state index contributed by atoms with van der Waals surface area (Å²) in [4.78, 5) is 0. The van der Waals surface area contributed by atoms with Gasteiger partial charge in [-0.25, -0.2) is 8.78 Å². The minimum Gasteiger partial charge on any atom is -0.381 e. The Morgan fingerprint density at radius 3 is 2.68 bits per heavy atom. The average Bonchev–Trinajstić information content (AvgIpc) is 2.45. The highest BCUT2D eigenvalue weighted by Gasteiger charge is 2.38. The van der Waals surface area contributed by atoms with Gasteiger partial charge in [0.2, 0.25) is 0 Å². The van der Waals surface area contributed by atoms with E-state index in [2.05, 4.69) is 17.6 Å². The van der Waals surface area contributed by atoms with E-state index in [4.69, 9.17) is 0 Å². The lowest BCUT2D eigenvalue weighted by Crippen LogP contribution is -2.50. The lowest BCUT2D eigenvalue weighted by atomic mass is 9.74. The van der Waals surface area contributed by atoms with Crippen LogP contribution in [0.2, 0.25) is 0 Å². The summed E-state index contributed by atoms with van der Waals surface area (Å²) in [5.41, 5.74) is 0.871. The molecule has 1 aromatic rings. The molecule has 2 N–H and O–H groups in total. The Morgan fingerprint density at radius 1 is 1.26 bits per heavy atom. The standard InChI is InChI=1S/C15H20F2N2/c1-2-10-5-7-15(8-6-10)9-18-12-4-3-11(16)13(17)14(12)19-15/h3-4,10,18-19H,2,5-9H2,1H3. The zero-order chi connectivity index (χ0) is 13.5. The van der Waals surface area contributed by atoms with E-state index < -0.39 is 11.6 Å². The Balaban J connectivity index is 1.84. The fraction of sp³-hybridized carbons (Fsp3) is 0.600. The fourth-order valence-corrected chi connectivity index (χ4v) is 3.33. The summed E-state index contributed by atoms with van der Waals surface area (Å²) < 4.78 is 27.2. The first-order valence-electron chi connectivity index (χ1n) is 7.13. The van der Waals surface area contributed by atoms with Crippen molar-refractivity contribution in [2.75, 3.05) is 17.2 Å². The second-order valence-corrected chi connectivity index (χ2v) is 5.89. The Morgan fingerprint density at radius 2 is 2.00 bits per heavy atom. The fourth-order valence-electron chi connectivity index (χ4n) is 3.33. The van der Waals surface area contributed by atoms with Crippen molar-refractivity contribution in [3.05, 3.63) is 23.8 Å². The molecule has 19 heavy (non-hydrogen) atoms. The van der Waals surface area contributed by atoms with Crippen molar-refractivity contribution < 1.29 is 8.78 Å². The van der Waals surface area contributed by atoms with Crippen molar-refractivity contribution in [1.82, 2.24) is 0 Å². The number of benzene rings is 1. The van der Waals surface area contributed by atoms with Crippen molar-refractivity contribution in [3.8, 4) is 0 Å². The molecule has 1 aliphatic heterocycles. The third-order valence-corrected chi connectivity index (χ3v) is 4.74. The van der Waals surface area contributed by atoms with Gasteiger partial charge in [-0.05, 0) is 43.7 Å². The van der Waals surface area contributed by atoms with E-state index in [-0.39, 0.29) is 5.54 Å². The van der Waals surface area contributed by atoms with E-state index in [1.807, 2.05) is 0 Å². The van der Waals surface area contributed by atoms with Crippen molar-refractivity contribution >= 4 is 11.4 Å². The molecule has 1 spiro atoms. The molecule has 0 saturated heterocycles. The van der Waals surface area contributed by atoms with E-state index in [1.54, 1.807) is 6.07 Å². The van der Waals surface area contributed by atoms with Gasteiger partial charge in [0.15, 0.2) is 11.6 Å². The van der Waals surface area contributed by atoms with Crippen LogP contribution in [0.1, 0.15) is 39.0 Å². The summed E-state index contributed by atoms with van der Waals surface area (Å²) in [6.45, 7) is 3.01. The van der Waals surface area contributed by atoms with Crippen LogP contribution in [-0.2, 0) is 0 Å². The highest BCUT2D eigenvalue weighted by Crippen LogP contribution is 2.41. The molecule has 2 aliphatic rings. The molecular weight excluding hydrogens is 246 g/mol. The third-order valence-electron chi connectivity index (χ3n) is 4.74. The minimum absolute atomic E-state index is 0.104. The zero-order valence-electron chi connectivity index (χ0n) is 11.2. The minimum atomic E-state index is -0.785. The number of hydrogen-bond acceptors (Lipinski definition) is 2. The molecule has 0 atom stereocenters. The lowest BCUT2D eigenvalue weighted by Gasteiger charge is -2.45. The number of rotatable bonds is 1. The van der Waals surface area contributed by atoms with Gasteiger partial charge in [-0.2, -0.15) is 0 Å². The summed E-state index contributed by atoms with van der Waals surface area (Å²) in [6, 6.07) is 2.78. The molecular formula is C15H20F2N2. The lowest BCUT2D eigenvalue weighted by molar-refractivity contribution is 0.254. The second-order valence-electron chi connectivity index (χ2n) is 5.89. The van der Waals surface area contributed by atoms with Gasteiger partial charge < -0.3 is 10.6 Å². The number of nitrogens with one attached hydrogen (secondary N) is 2. The van der Waals surface area contributed by atoms with Gasteiger partial charge in [0.25, 0.3) is 0 Å². The van der Waals surface area contributed by atoms with Crippen LogP contribution >= 0.6 is 0 Å². The summed E-state index contributed by atoms with van der Waals surface area (Å²) in [6.07, 6.45) is 5.58. The van der Waals surface area contributed by atoms with Crippen LogP contribution in [0.5, 0.6) is 0 Å². The molecule has 1 aliphatic carbocycles. The molecule has 0 amide bonds. The predicted octanol–water partition coefficient (Wildman–Crippen LogP) is 4.14. The molecule has 104 valence electrons. The van der Waals surface area contributed by atoms with E-state index in [0.717, 1.165) is 38.1 Å². The zero-order valence-corrected chi connectivity index (χ0v) is 11.2. The van der Waals surface area contributed by atoms with Gasteiger partial charge in [-0.1, -0.05) is 13.3 Å². The highest BCUT2D eigenvalue weighted by atomic mass is 19.2. The van der Waals surface area contributed by atoms with Gasteiger partial charge in [0.1, 0.15) is 0 Å². The summed E-state index contributed by atoms with van der Waals surface area (Å²) in [5, 5.41) is 6.54. The first kappa shape index (κ1) is 12.7. The maximum absolute atomic E-state index is 13.9. The molecule has 0 aromatic heterocycles. The topological polar surface area (TPSA) is 24.1 Å². The molecule has 1 fully saturated rings. The van der Waals surface area contributed by atoms with Crippen LogP contribution in [-0.4, -0.2) is 12.1 Å². The first-order chi connectivity index (χ1) is 9.13. The average molecular weight is 266 g/mol. The van der Waals surface area contributed by atoms with Gasteiger partial charge in [-0.15, -0.1) is 0 Å². The molecule has 0 unspecified atom stereocenters. The summed E-state index contributed by atoms with van der Waals surface area (Å²) in [5.74, 6) is -0.764. The molecule has 2 nitrogen and oxygen atoms in total. The smallest absolute Gasteiger partial charge is 0.184 e. The largest absolute Gasteiger partial charge is 0.381 e.